The molecule has 1 aromatic carbocycles. The average Bonchev–Trinajstić information content (AvgIpc) is 2.15. The van der Waals surface area contributed by atoms with E-state index in [9.17, 15) is 5.11 Å². The van der Waals surface area contributed by atoms with Crippen LogP contribution in [-0.4, -0.2) is 20.1 Å². The molecule has 0 aliphatic carbocycles. The first-order chi connectivity index (χ1) is 7.63. The molecule has 0 bridgehead atoms. The van der Waals surface area contributed by atoms with Crippen molar-refractivity contribution in [2.45, 2.75) is 0 Å². The minimum atomic E-state index is -0.0600. The molecular weight excluding hydrogens is 253 g/mol. The Kier molecular flexibility index (Phi) is 3.07. The number of ether oxygens (including phenoxy) is 1. The number of aromatic nitrogens is 3. The van der Waals surface area contributed by atoms with Gasteiger partial charge in [-0.2, -0.15) is 15.0 Å². The molecule has 0 aliphatic rings. The van der Waals surface area contributed by atoms with Crippen LogP contribution in [0.5, 0.6) is 17.5 Å². The Bertz CT molecular complexity index is 502. The van der Waals surface area contributed by atoms with Gasteiger partial charge in [0.2, 0.25) is 10.6 Å². The fourth-order valence-electron chi connectivity index (χ4n) is 1.01. The molecule has 1 aromatic heterocycles. The summed E-state index contributed by atoms with van der Waals surface area (Å²) in [4.78, 5) is 11.0. The first-order valence-corrected chi connectivity index (χ1v) is 4.93. The fraction of sp³-hybridized carbons (Fsp3) is 0. The molecule has 2 rings (SSSR count). The summed E-state index contributed by atoms with van der Waals surface area (Å²) in [6, 6.07) is 6.14. The summed E-state index contributed by atoms with van der Waals surface area (Å²) < 4.78 is 5.23. The Hall–Kier alpha value is -1.59. The summed E-state index contributed by atoms with van der Waals surface area (Å²) in [5, 5.41) is 9.09. The predicted molar refractivity (Wildman–Crippen MR) is 58.0 cm³/mol. The Morgan fingerprint density at radius 3 is 2.38 bits per heavy atom. The van der Waals surface area contributed by atoms with E-state index < -0.39 is 0 Å². The van der Waals surface area contributed by atoms with Crippen LogP contribution in [0.15, 0.2) is 24.3 Å². The van der Waals surface area contributed by atoms with Crippen LogP contribution in [0.25, 0.3) is 0 Å². The number of nitrogens with zero attached hydrogens (tertiary/aromatic N) is 3. The van der Waals surface area contributed by atoms with Gasteiger partial charge >= 0.3 is 6.01 Å². The van der Waals surface area contributed by atoms with E-state index in [2.05, 4.69) is 15.0 Å². The summed E-state index contributed by atoms with van der Waals surface area (Å²) in [7, 11) is 0. The van der Waals surface area contributed by atoms with E-state index in [4.69, 9.17) is 27.9 Å². The van der Waals surface area contributed by atoms with Crippen molar-refractivity contribution in [3.05, 3.63) is 34.8 Å². The quantitative estimate of drug-likeness (QED) is 0.896. The van der Waals surface area contributed by atoms with Crippen molar-refractivity contribution in [3.8, 4) is 17.5 Å². The zero-order valence-corrected chi connectivity index (χ0v) is 9.27. The largest absolute Gasteiger partial charge is 0.508 e. The van der Waals surface area contributed by atoms with Crippen LogP contribution < -0.4 is 4.74 Å². The van der Waals surface area contributed by atoms with Crippen molar-refractivity contribution < 1.29 is 9.84 Å². The molecule has 0 saturated heterocycles. The van der Waals surface area contributed by atoms with Gasteiger partial charge in [0.15, 0.2) is 0 Å². The minimum Gasteiger partial charge on any atom is -0.508 e. The van der Waals surface area contributed by atoms with Crippen molar-refractivity contribution >= 4 is 23.2 Å². The molecule has 0 spiro atoms. The summed E-state index contributed by atoms with van der Waals surface area (Å²) in [6.07, 6.45) is 0. The van der Waals surface area contributed by atoms with Crippen LogP contribution in [0, 0.1) is 0 Å². The van der Waals surface area contributed by atoms with Crippen molar-refractivity contribution in [1.82, 2.24) is 15.0 Å². The van der Waals surface area contributed by atoms with Gasteiger partial charge in [-0.05, 0) is 35.3 Å². The molecule has 0 unspecified atom stereocenters. The Morgan fingerprint density at radius 2 is 1.75 bits per heavy atom. The maximum Gasteiger partial charge on any atom is 0.327 e. The summed E-state index contributed by atoms with van der Waals surface area (Å²) in [5.74, 6) is 0.446. The number of benzene rings is 1. The second kappa shape index (κ2) is 4.51. The van der Waals surface area contributed by atoms with Crippen molar-refractivity contribution in [1.29, 1.82) is 0 Å². The molecule has 5 nitrogen and oxygen atoms in total. The SMILES string of the molecule is Oc1cccc(Oc2nc(Cl)nc(Cl)n2)c1. The minimum absolute atomic E-state index is 0.0319. The number of aromatic hydroxyl groups is 1. The third kappa shape index (κ3) is 2.71. The van der Waals surface area contributed by atoms with E-state index in [-0.39, 0.29) is 22.3 Å². The van der Waals surface area contributed by atoms with E-state index in [1.54, 1.807) is 12.1 Å². The smallest absolute Gasteiger partial charge is 0.327 e. The molecule has 0 aliphatic heterocycles. The van der Waals surface area contributed by atoms with E-state index in [1.807, 2.05) is 0 Å². The zero-order valence-electron chi connectivity index (χ0n) is 7.76. The summed E-state index contributed by atoms with van der Waals surface area (Å²) >= 11 is 11.1. The van der Waals surface area contributed by atoms with Crippen LogP contribution >= 0.6 is 23.2 Å². The zero-order chi connectivity index (χ0) is 11.5. The first-order valence-electron chi connectivity index (χ1n) is 4.17. The van der Waals surface area contributed by atoms with Gasteiger partial charge in [0, 0.05) is 6.07 Å². The van der Waals surface area contributed by atoms with E-state index in [1.165, 1.54) is 12.1 Å². The van der Waals surface area contributed by atoms with E-state index in [0.29, 0.717) is 5.75 Å². The summed E-state index contributed by atoms with van der Waals surface area (Å²) in [6.45, 7) is 0. The number of hydrogen-bond acceptors (Lipinski definition) is 5. The van der Waals surface area contributed by atoms with Crippen LogP contribution in [0.2, 0.25) is 10.6 Å². The number of hydrogen-bond donors (Lipinski definition) is 1. The lowest BCUT2D eigenvalue weighted by Gasteiger charge is -2.03. The first kappa shape index (κ1) is 10.9. The highest BCUT2D eigenvalue weighted by molar-refractivity contribution is 6.31. The van der Waals surface area contributed by atoms with Gasteiger partial charge in [0.1, 0.15) is 11.5 Å². The molecule has 0 radical (unpaired) electrons. The Labute approximate surface area is 101 Å². The second-order valence-electron chi connectivity index (χ2n) is 2.76. The molecule has 1 heterocycles. The topological polar surface area (TPSA) is 68.1 Å². The molecule has 2 aromatic rings. The normalized spacial score (nSPS) is 10.1. The maximum atomic E-state index is 9.21. The standard InChI is InChI=1S/C9H5Cl2N3O2/c10-7-12-8(11)14-9(13-7)16-6-3-1-2-5(15)4-6/h1-4,15H. The molecule has 16 heavy (non-hydrogen) atoms. The van der Waals surface area contributed by atoms with Gasteiger partial charge in [-0.3, -0.25) is 0 Å². The Morgan fingerprint density at radius 1 is 1.06 bits per heavy atom. The van der Waals surface area contributed by atoms with Crippen LogP contribution in [0.4, 0.5) is 0 Å². The predicted octanol–water partition coefficient (Wildman–Crippen LogP) is 2.68. The van der Waals surface area contributed by atoms with Crippen molar-refractivity contribution in [2.24, 2.45) is 0 Å². The molecule has 82 valence electrons. The maximum absolute atomic E-state index is 9.21. The highest BCUT2D eigenvalue weighted by atomic mass is 35.5. The van der Waals surface area contributed by atoms with Gasteiger partial charge in [0.25, 0.3) is 0 Å². The Balaban J connectivity index is 2.27. The van der Waals surface area contributed by atoms with Gasteiger partial charge in [0.05, 0.1) is 0 Å². The van der Waals surface area contributed by atoms with Crippen LogP contribution in [0.3, 0.4) is 0 Å². The fourth-order valence-corrected chi connectivity index (χ4v) is 1.35. The third-order valence-electron chi connectivity index (χ3n) is 1.59. The van der Waals surface area contributed by atoms with Crippen LogP contribution in [-0.2, 0) is 0 Å². The number of phenols is 1. The van der Waals surface area contributed by atoms with Gasteiger partial charge in [-0.15, -0.1) is 0 Å². The lowest BCUT2D eigenvalue weighted by molar-refractivity contribution is 0.429. The molecule has 0 fully saturated rings. The van der Waals surface area contributed by atoms with Crippen molar-refractivity contribution in [3.63, 3.8) is 0 Å². The number of phenolic OH excluding ortho intramolecular Hbond substituents is 1. The lowest BCUT2D eigenvalue weighted by Crippen LogP contribution is -1.94. The number of halogens is 2. The molecule has 0 saturated carbocycles. The summed E-state index contributed by atoms with van der Waals surface area (Å²) in [5.41, 5.74) is 0. The van der Waals surface area contributed by atoms with Crippen molar-refractivity contribution in [2.75, 3.05) is 0 Å². The van der Waals surface area contributed by atoms with Gasteiger partial charge in [-0.1, -0.05) is 6.07 Å². The van der Waals surface area contributed by atoms with E-state index >= 15 is 0 Å². The van der Waals surface area contributed by atoms with E-state index in [0.717, 1.165) is 0 Å². The van der Waals surface area contributed by atoms with Gasteiger partial charge < -0.3 is 9.84 Å². The highest BCUT2D eigenvalue weighted by Crippen LogP contribution is 2.23. The molecule has 1 N–H and O–H groups in total. The molecular formula is C9H5Cl2N3O2. The third-order valence-corrected chi connectivity index (χ3v) is 1.93. The highest BCUT2D eigenvalue weighted by Gasteiger charge is 2.05. The van der Waals surface area contributed by atoms with Crippen LogP contribution in [0.1, 0.15) is 0 Å². The van der Waals surface area contributed by atoms with Gasteiger partial charge in [-0.25, -0.2) is 0 Å². The number of rotatable bonds is 2. The monoisotopic (exact) mass is 257 g/mol. The molecule has 0 amide bonds. The average molecular weight is 258 g/mol. The molecule has 7 heteroatoms. The second-order valence-corrected chi connectivity index (χ2v) is 3.43. The molecule has 0 atom stereocenters. The lowest BCUT2D eigenvalue weighted by atomic mass is 10.3.